The van der Waals surface area contributed by atoms with Crippen molar-refractivity contribution in [3.05, 3.63) is 35.9 Å². The van der Waals surface area contributed by atoms with E-state index in [1.165, 1.54) is 7.11 Å². The molecule has 2 N–H and O–H groups in total. The van der Waals surface area contributed by atoms with Crippen LogP contribution < -0.4 is 10.7 Å². The van der Waals surface area contributed by atoms with Crippen molar-refractivity contribution in [3.63, 3.8) is 0 Å². The van der Waals surface area contributed by atoms with E-state index in [9.17, 15) is 4.79 Å². The van der Waals surface area contributed by atoms with Gasteiger partial charge in [-0.15, -0.1) is 0 Å². The fraction of sp³-hybridized carbons (Fsp3) is 0.385. The molecule has 1 fully saturated rings. The summed E-state index contributed by atoms with van der Waals surface area (Å²) in [5.74, 6) is -0.237. The average molecular weight is 245 g/mol. The molecule has 3 rings (SSSR count). The summed E-state index contributed by atoms with van der Waals surface area (Å²) >= 11 is 0. The van der Waals surface area contributed by atoms with Gasteiger partial charge in [-0.1, -0.05) is 30.3 Å². The smallest absolute Gasteiger partial charge is 0.335 e. The molecule has 0 bridgehead atoms. The second kappa shape index (κ2) is 4.10. The van der Waals surface area contributed by atoms with Crippen molar-refractivity contribution in [2.24, 2.45) is 11.0 Å². The Kier molecular flexibility index (Phi) is 2.56. The molecule has 0 spiro atoms. The Balaban J connectivity index is 1.95. The minimum atomic E-state index is -0.736. The number of methoxy groups -OCH3 is 1. The van der Waals surface area contributed by atoms with Gasteiger partial charge in [0, 0.05) is 13.1 Å². The van der Waals surface area contributed by atoms with Crippen molar-refractivity contribution < 1.29 is 9.53 Å². The van der Waals surface area contributed by atoms with Gasteiger partial charge in [0.25, 0.3) is 0 Å². The zero-order chi connectivity index (χ0) is 12.6. The Hall–Kier alpha value is -1.88. The predicted molar refractivity (Wildman–Crippen MR) is 67.2 cm³/mol. The number of carbonyl (C=O) groups is 1. The Morgan fingerprint density at radius 1 is 1.44 bits per heavy atom. The highest BCUT2D eigenvalue weighted by Gasteiger charge is 2.56. The molecule has 0 aliphatic carbocycles. The monoisotopic (exact) mass is 245 g/mol. The summed E-state index contributed by atoms with van der Waals surface area (Å²) in [7, 11) is 1.41. The van der Waals surface area contributed by atoms with E-state index in [-0.39, 0.29) is 11.9 Å². The zero-order valence-corrected chi connectivity index (χ0v) is 10.1. The number of benzene rings is 1. The van der Waals surface area contributed by atoms with Crippen molar-refractivity contribution in [3.8, 4) is 0 Å². The van der Waals surface area contributed by atoms with Crippen LogP contribution in [-0.2, 0) is 9.53 Å². The van der Waals surface area contributed by atoms with Crippen LogP contribution in [0.5, 0.6) is 0 Å². The molecule has 2 heterocycles. The molecule has 18 heavy (non-hydrogen) atoms. The molecule has 0 unspecified atom stereocenters. The first-order chi connectivity index (χ1) is 8.78. The lowest BCUT2D eigenvalue weighted by molar-refractivity contribution is -0.148. The Bertz CT molecular complexity index is 500. The summed E-state index contributed by atoms with van der Waals surface area (Å²) in [5.41, 5.74) is 4.21. The number of hydrazone groups is 1. The molecule has 0 saturated carbocycles. The first-order valence-corrected chi connectivity index (χ1v) is 5.97. The molecule has 5 heteroatoms. The third-order valence-electron chi connectivity index (χ3n) is 3.67. The van der Waals surface area contributed by atoms with Gasteiger partial charge in [-0.3, -0.25) is 5.43 Å². The molecule has 1 aromatic rings. The highest BCUT2D eigenvalue weighted by molar-refractivity contribution is 6.08. The summed E-state index contributed by atoms with van der Waals surface area (Å²) in [4.78, 5) is 12.0. The van der Waals surface area contributed by atoms with E-state index in [0.717, 1.165) is 17.8 Å². The van der Waals surface area contributed by atoms with Crippen LogP contribution in [-0.4, -0.2) is 37.4 Å². The van der Waals surface area contributed by atoms with Crippen LogP contribution in [0, 0.1) is 5.92 Å². The van der Waals surface area contributed by atoms with Crippen molar-refractivity contribution in [2.75, 3.05) is 20.2 Å². The maximum absolute atomic E-state index is 12.0. The molecule has 1 aromatic carbocycles. The second-order valence-corrected chi connectivity index (χ2v) is 4.62. The minimum absolute atomic E-state index is 0.0207. The number of esters is 1. The summed E-state index contributed by atoms with van der Waals surface area (Å²) in [6.45, 7) is 1.28. The van der Waals surface area contributed by atoms with Crippen molar-refractivity contribution in [1.82, 2.24) is 10.7 Å². The number of hydrogen-bond donors (Lipinski definition) is 2. The summed E-state index contributed by atoms with van der Waals surface area (Å²) in [6.07, 6.45) is 0. The van der Waals surface area contributed by atoms with E-state index in [1.807, 2.05) is 30.3 Å². The van der Waals surface area contributed by atoms with Crippen molar-refractivity contribution in [1.29, 1.82) is 0 Å². The van der Waals surface area contributed by atoms with Crippen LogP contribution >= 0.6 is 0 Å². The largest absolute Gasteiger partial charge is 0.467 e. The average Bonchev–Trinajstić information content (AvgIpc) is 2.98. The summed E-state index contributed by atoms with van der Waals surface area (Å²) < 4.78 is 4.91. The van der Waals surface area contributed by atoms with E-state index in [0.29, 0.717) is 6.54 Å². The predicted octanol–water partition coefficient (Wildman–Crippen LogP) is 0.125. The van der Waals surface area contributed by atoms with E-state index in [4.69, 9.17) is 4.74 Å². The lowest BCUT2D eigenvalue weighted by Gasteiger charge is -2.24. The van der Waals surface area contributed by atoms with Crippen LogP contribution in [0.15, 0.2) is 35.4 Å². The molecule has 2 atom stereocenters. The van der Waals surface area contributed by atoms with Crippen molar-refractivity contribution in [2.45, 2.75) is 5.54 Å². The second-order valence-electron chi connectivity index (χ2n) is 4.62. The number of carbonyl (C=O) groups excluding carboxylic acids is 1. The number of ether oxygens (including phenoxy) is 1. The summed E-state index contributed by atoms with van der Waals surface area (Å²) in [5, 5.41) is 7.59. The molecule has 0 aromatic heterocycles. The zero-order valence-electron chi connectivity index (χ0n) is 10.1. The van der Waals surface area contributed by atoms with Gasteiger partial charge in [0.1, 0.15) is 0 Å². The molecule has 5 nitrogen and oxygen atoms in total. The fourth-order valence-electron chi connectivity index (χ4n) is 2.71. The lowest BCUT2D eigenvalue weighted by Crippen LogP contribution is -2.54. The van der Waals surface area contributed by atoms with Gasteiger partial charge in [-0.2, -0.15) is 5.10 Å². The third-order valence-corrected chi connectivity index (χ3v) is 3.67. The van der Waals surface area contributed by atoms with Crippen LogP contribution in [0.3, 0.4) is 0 Å². The van der Waals surface area contributed by atoms with Crippen LogP contribution in [0.1, 0.15) is 5.56 Å². The van der Waals surface area contributed by atoms with Crippen LogP contribution in [0.2, 0.25) is 0 Å². The standard InChI is InChI=1S/C13H15N3O2/c1-18-12(17)13-8-14-7-10(13)11(15-16-13)9-5-3-2-4-6-9/h2-6,10,14,16H,7-8H2,1H3/t10-,13-/m1/s1. The fourth-order valence-corrected chi connectivity index (χ4v) is 2.71. The van der Waals surface area contributed by atoms with Gasteiger partial charge in [0.2, 0.25) is 0 Å². The van der Waals surface area contributed by atoms with Gasteiger partial charge in [-0.05, 0) is 5.56 Å². The lowest BCUT2D eigenvalue weighted by atomic mass is 9.83. The third kappa shape index (κ3) is 1.44. The number of rotatable bonds is 2. The first-order valence-electron chi connectivity index (χ1n) is 5.97. The molecule has 0 radical (unpaired) electrons. The van der Waals surface area contributed by atoms with E-state index in [1.54, 1.807) is 0 Å². The van der Waals surface area contributed by atoms with E-state index < -0.39 is 5.54 Å². The SMILES string of the molecule is COC(=O)[C@@]12CNC[C@@H]1C(c1ccccc1)=NN2. The Labute approximate surface area is 105 Å². The molecule has 2 aliphatic rings. The highest BCUT2D eigenvalue weighted by Crippen LogP contribution is 2.32. The molecular weight excluding hydrogens is 230 g/mol. The number of hydrogen-bond acceptors (Lipinski definition) is 5. The van der Waals surface area contributed by atoms with Gasteiger partial charge in [0.05, 0.1) is 18.7 Å². The van der Waals surface area contributed by atoms with Gasteiger partial charge in [0.15, 0.2) is 5.54 Å². The van der Waals surface area contributed by atoms with Gasteiger partial charge < -0.3 is 10.1 Å². The Morgan fingerprint density at radius 3 is 2.94 bits per heavy atom. The van der Waals surface area contributed by atoms with Gasteiger partial charge >= 0.3 is 5.97 Å². The van der Waals surface area contributed by atoms with E-state index in [2.05, 4.69) is 15.8 Å². The maximum atomic E-state index is 12.0. The normalized spacial score (nSPS) is 29.4. The van der Waals surface area contributed by atoms with Crippen LogP contribution in [0.4, 0.5) is 0 Å². The maximum Gasteiger partial charge on any atom is 0.335 e. The molecular formula is C13H15N3O2. The molecule has 0 amide bonds. The first kappa shape index (κ1) is 11.2. The number of nitrogens with one attached hydrogen (secondary N) is 2. The van der Waals surface area contributed by atoms with Gasteiger partial charge in [-0.25, -0.2) is 4.79 Å². The highest BCUT2D eigenvalue weighted by atomic mass is 16.5. The number of nitrogens with zero attached hydrogens (tertiary/aromatic N) is 1. The molecule has 2 aliphatic heterocycles. The van der Waals surface area contributed by atoms with E-state index >= 15 is 0 Å². The molecule has 94 valence electrons. The van der Waals surface area contributed by atoms with Crippen LogP contribution in [0.25, 0.3) is 0 Å². The quantitative estimate of drug-likeness (QED) is 0.727. The summed E-state index contributed by atoms with van der Waals surface area (Å²) in [6, 6.07) is 9.92. The van der Waals surface area contributed by atoms with Crippen molar-refractivity contribution >= 4 is 11.7 Å². The Morgan fingerprint density at radius 2 is 2.22 bits per heavy atom. The minimum Gasteiger partial charge on any atom is -0.467 e. The molecule has 1 saturated heterocycles. The topological polar surface area (TPSA) is 62.7 Å². The number of fused-ring (bicyclic) bond motifs is 1.